The van der Waals surface area contributed by atoms with E-state index in [1.54, 1.807) is 17.1 Å². The van der Waals surface area contributed by atoms with Crippen LogP contribution in [-0.2, 0) is 13.6 Å². The highest BCUT2D eigenvalue weighted by molar-refractivity contribution is 6.06. The summed E-state index contributed by atoms with van der Waals surface area (Å²) in [6.07, 6.45) is 3.73. The first-order valence-corrected chi connectivity index (χ1v) is 14.7. The minimum atomic E-state index is -0.889. The van der Waals surface area contributed by atoms with E-state index in [1.165, 1.54) is 11.8 Å². The number of H-pyrrole nitrogens is 1. The highest BCUT2D eigenvalue weighted by atomic mass is 16.3. The first kappa shape index (κ1) is 29.1. The van der Waals surface area contributed by atoms with Gasteiger partial charge in [-0.05, 0) is 61.0 Å². The van der Waals surface area contributed by atoms with Crippen LogP contribution in [0.4, 0.5) is 11.4 Å². The van der Waals surface area contributed by atoms with Crippen molar-refractivity contribution in [1.82, 2.24) is 34.9 Å². The van der Waals surface area contributed by atoms with Crippen molar-refractivity contribution in [2.24, 2.45) is 7.05 Å². The molecule has 1 atom stereocenters. The third-order valence-corrected chi connectivity index (χ3v) is 8.20. The van der Waals surface area contributed by atoms with E-state index < -0.39 is 6.23 Å². The Bertz CT molecular complexity index is 1800. The molecule has 11 heteroatoms. The molecule has 4 N–H and O–H groups in total. The molecule has 1 unspecified atom stereocenters. The molecule has 0 radical (unpaired) electrons. The molecule has 0 bridgehead atoms. The molecule has 1 aliphatic heterocycles. The topological polar surface area (TPSA) is 127 Å². The minimum absolute atomic E-state index is 0.247. The summed E-state index contributed by atoms with van der Waals surface area (Å²) >= 11 is 0. The number of aromatic nitrogens is 5. The number of benzene rings is 2. The molecule has 44 heavy (non-hydrogen) atoms. The number of hydrogen-bond donors (Lipinski definition) is 4. The van der Waals surface area contributed by atoms with Gasteiger partial charge >= 0.3 is 0 Å². The van der Waals surface area contributed by atoms with E-state index in [4.69, 9.17) is 0 Å². The zero-order chi connectivity index (χ0) is 30.8. The lowest BCUT2D eigenvalue weighted by Crippen LogP contribution is -2.44. The summed E-state index contributed by atoms with van der Waals surface area (Å²) in [5, 5.41) is 25.0. The Kier molecular flexibility index (Phi) is 8.14. The lowest BCUT2D eigenvalue weighted by atomic mass is 9.96. The fourth-order valence-electron chi connectivity index (χ4n) is 5.49. The molecule has 6 rings (SSSR count). The van der Waals surface area contributed by atoms with Gasteiger partial charge in [-0.2, -0.15) is 0 Å². The second kappa shape index (κ2) is 12.3. The maximum atomic E-state index is 13.2. The molecule has 11 nitrogen and oxygen atoms in total. The average Bonchev–Trinajstić information content (AvgIpc) is 3.64. The number of aliphatic hydroxyl groups is 1. The molecule has 3 aromatic heterocycles. The molecule has 0 saturated carbocycles. The predicted molar refractivity (Wildman–Crippen MR) is 173 cm³/mol. The van der Waals surface area contributed by atoms with Crippen LogP contribution in [0.5, 0.6) is 0 Å². The first-order chi connectivity index (χ1) is 21.3. The molecule has 226 valence electrons. The Balaban J connectivity index is 1.41. The Morgan fingerprint density at radius 3 is 2.55 bits per heavy atom. The van der Waals surface area contributed by atoms with E-state index in [9.17, 15) is 9.90 Å². The van der Waals surface area contributed by atoms with Crippen LogP contribution in [0.2, 0.25) is 0 Å². The number of nitrogens with zero attached hydrogens (tertiary/aromatic N) is 6. The Morgan fingerprint density at radius 1 is 1.09 bits per heavy atom. The maximum absolute atomic E-state index is 13.2. The normalized spacial score (nSPS) is 14.5. The summed E-state index contributed by atoms with van der Waals surface area (Å²) in [4.78, 5) is 26.2. The second-order valence-electron chi connectivity index (χ2n) is 11.2. The van der Waals surface area contributed by atoms with E-state index in [2.05, 4.69) is 78.5 Å². The minimum Gasteiger partial charge on any atom is -0.370 e. The molecular weight excluding hydrogens is 554 g/mol. The number of rotatable bonds is 9. The van der Waals surface area contributed by atoms with Gasteiger partial charge in [0.2, 0.25) is 0 Å². The Morgan fingerprint density at radius 2 is 1.84 bits per heavy atom. The van der Waals surface area contributed by atoms with Gasteiger partial charge in [-0.25, -0.2) is 4.98 Å². The van der Waals surface area contributed by atoms with Crippen LogP contribution in [0, 0.1) is 6.92 Å². The maximum Gasteiger partial charge on any atom is 0.253 e. The molecule has 0 aliphatic carbocycles. The molecule has 1 saturated heterocycles. The van der Waals surface area contributed by atoms with Crippen LogP contribution >= 0.6 is 0 Å². The van der Waals surface area contributed by atoms with Crippen molar-refractivity contribution in [3.63, 3.8) is 0 Å². The van der Waals surface area contributed by atoms with Gasteiger partial charge in [0.25, 0.3) is 5.91 Å². The number of aromatic amines is 1. The predicted octanol–water partition coefficient (Wildman–Crippen LogP) is 3.93. The summed E-state index contributed by atoms with van der Waals surface area (Å²) in [7, 11) is 3.99. The quantitative estimate of drug-likeness (QED) is 0.150. The van der Waals surface area contributed by atoms with Crippen LogP contribution in [-0.4, -0.2) is 80.1 Å². The van der Waals surface area contributed by atoms with Crippen LogP contribution in [0.25, 0.3) is 33.4 Å². The number of aliphatic hydroxyl groups excluding tert-OH is 1. The highest BCUT2D eigenvalue weighted by Gasteiger charge is 2.20. The number of fused-ring (bicyclic) bond motifs is 1. The van der Waals surface area contributed by atoms with E-state index in [1.807, 2.05) is 38.2 Å². The van der Waals surface area contributed by atoms with E-state index in [0.717, 1.165) is 65.2 Å². The summed E-state index contributed by atoms with van der Waals surface area (Å²) in [5.74, 6) is 0.395. The molecular formula is C33H37N9O2. The number of carbonyl (C=O) groups is 1. The van der Waals surface area contributed by atoms with Gasteiger partial charge in [0.15, 0.2) is 5.82 Å². The van der Waals surface area contributed by atoms with Crippen LogP contribution in [0.15, 0.2) is 73.7 Å². The van der Waals surface area contributed by atoms with Crippen LogP contribution in [0.3, 0.4) is 0 Å². The van der Waals surface area contributed by atoms with Gasteiger partial charge in [0, 0.05) is 61.7 Å². The summed E-state index contributed by atoms with van der Waals surface area (Å²) in [6.45, 7) is 9.98. The second-order valence-corrected chi connectivity index (χ2v) is 11.2. The number of nitrogens with one attached hydrogen (secondary N) is 3. The van der Waals surface area contributed by atoms with Crippen LogP contribution in [0.1, 0.15) is 21.7 Å². The third kappa shape index (κ3) is 5.92. The molecule has 1 aliphatic rings. The lowest BCUT2D eigenvalue weighted by Gasteiger charge is -2.34. The number of carbonyl (C=O) groups excluding carboxylic acids is 1. The van der Waals surface area contributed by atoms with E-state index >= 15 is 0 Å². The molecule has 1 amide bonds. The monoisotopic (exact) mass is 591 g/mol. The molecule has 1 fully saturated rings. The third-order valence-electron chi connectivity index (χ3n) is 8.20. The van der Waals surface area contributed by atoms with E-state index in [-0.39, 0.29) is 12.5 Å². The van der Waals surface area contributed by atoms with E-state index in [0.29, 0.717) is 17.0 Å². The van der Waals surface area contributed by atoms with Crippen molar-refractivity contribution in [2.75, 3.05) is 43.4 Å². The largest absolute Gasteiger partial charge is 0.370 e. The van der Waals surface area contributed by atoms with Gasteiger partial charge in [-0.1, -0.05) is 30.8 Å². The van der Waals surface area contributed by atoms with Crippen LogP contribution < -0.4 is 15.5 Å². The van der Waals surface area contributed by atoms with Gasteiger partial charge < -0.3 is 35.1 Å². The van der Waals surface area contributed by atoms with Crippen molar-refractivity contribution < 1.29 is 9.90 Å². The smallest absolute Gasteiger partial charge is 0.253 e. The first-order valence-electron chi connectivity index (χ1n) is 14.7. The summed E-state index contributed by atoms with van der Waals surface area (Å²) < 4.78 is 1.76. The fraction of sp³-hybridized carbons (Fsp3) is 0.273. The summed E-state index contributed by atoms with van der Waals surface area (Å²) in [5.41, 5.74) is 7.80. The standard InChI is InChI=1S/C33H37N9O2/c1-5-29(43)37-27-17-23(7-6-21(27)2)30-26-16-24(33(44)35-19-28-39-36-20-41(28)4)18-34-32(26)38-31(30)22-8-10-25(11-9-22)42-14-12-40(3)13-15-42/h5-11,16-18,20,29,37,43H,1,12-15,19H2,2-4H3,(H,34,38)(H,35,44). The fourth-order valence-corrected chi connectivity index (χ4v) is 5.49. The van der Waals surface area contributed by atoms with Crippen molar-refractivity contribution in [1.29, 1.82) is 0 Å². The number of aryl methyl sites for hydroxylation is 2. The summed E-state index contributed by atoms with van der Waals surface area (Å²) in [6, 6.07) is 16.5. The number of likely N-dealkylation sites (N-methyl/N-ethyl adjacent to an activating group) is 1. The molecule has 0 spiro atoms. The van der Waals surface area contributed by atoms with Crippen molar-refractivity contribution in [3.8, 4) is 22.4 Å². The molecule has 5 aromatic rings. The average molecular weight is 592 g/mol. The van der Waals surface area contributed by atoms with Crippen molar-refractivity contribution in [3.05, 3.63) is 90.7 Å². The Hall–Kier alpha value is -5.00. The number of anilines is 2. The number of pyridine rings is 1. The lowest BCUT2D eigenvalue weighted by molar-refractivity contribution is 0.0949. The van der Waals surface area contributed by atoms with Crippen molar-refractivity contribution >= 4 is 28.3 Å². The SMILES string of the molecule is C=CC(O)Nc1cc(-c2c(-c3ccc(N4CCN(C)CC4)cc3)[nH]c3ncc(C(=O)NCc4nncn4C)cc23)ccc1C. The van der Waals surface area contributed by atoms with Gasteiger partial charge in [0.1, 0.15) is 18.2 Å². The van der Waals surface area contributed by atoms with Crippen molar-refractivity contribution in [2.45, 2.75) is 19.7 Å². The van der Waals surface area contributed by atoms with Gasteiger partial charge in [-0.15, -0.1) is 10.2 Å². The molecule has 4 heterocycles. The van der Waals surface area contributed by atoms with Gasteiger partial charge in [0.05, 0.1) is 17.8 Å². The zero-order valence-corrected chi connectivity index (χ0v) is 25.2. The number of amides is 1. The highest BCUT2D eigenvalue weighted by Crippen LogP contribution is 2.40. The number of hydrogen-bond acceptors (Lipinski definition) is 8. The Labute approximate surface area is 256 Å². The van der Waals surface area contributed by atoms with Gasteiger partial charge in [-0.3, -0.25) is 4.79 Å². The number of piperazine rings is 1. The molecule has 2 aromatic carbocycles. The zero-order valence-electron chi connectivity index (χ0n) is 25.2.